The second-order valence-electron chi connectivity index (χ2n) is 7.27. The molecule has 0 bridgehead atoms. The van der Waals surface area contributed by atoms with E-state index < -0.39 is 21.7 Å². The monoisotopic (exact) mass is 490 g/mol. The maximum absolute atomic E-state index is 13.3. The molecule has 1 aliphatic heterocycles. The highest BCUT2D eigenvalue weighted by Gasteiger charge is 2.19. The van der Waals surface area contributed by atoms with Crippen LogP contribution in [0.2, 0.25) is 5.02 Å². The quantitative estimate of drug-likeness (QED) is 0.527. The first-order valence-electron chi connectivity index (χ1n) is 10.0. The zero-order chi connectivity index (χ0) is 23.4. The molecule has 0 spiro atoms. The first-order chi connectivity index (χ1) is 15.8. The molecule has 0 aliphatic carbocycles. The average molecular weight is 491 g/mol. The zero-order valence-electron chi connectivity index (χ0n) is 17.3. The number of ether oxygens (including phenoxy) is 2. The van der Waals surface area contributed by atoms with Gasteiger partial charge in [-0.25, -0.2) is 17.5 Å². The van der Waals surface area contributed by atoms with E-state index in [-0.39, 0.29) is 23.0 Å². The van der Waals surface area contributed by atoms with Gasteiger partial charge in [-0.1, -0.05) is 35.9 Å². The molecule has 33 heavy (non-hydrogen) atoms. The third-order valence-corrected chi connectivity index (χ3v) is 6.56. The molecule has 0 atom stereocenters. The van der Waals surface area contributed by atoms with Crippen LogP contribution in [0.1, 0.15) is 21.5 Å². The summed E-state index contributed by atoms with van der Waals surface area (Å²) in [6.45, 7) is 0.793. The van der Waals surface area contributed by atoms with Crippen molar-refractivity contribution in [3.63, 3.8) is 0 Å². The molecule has 1 heterocycles. The van der Waals surface area contributed by atoms with Gasteiger partial charge in [-0.2, -0.15) is 0 Å². The first kappa shape index (κ1) is 23.0. The summed E-state index contributed by atoms with van der Waals surface area (Å²) in [5, 5.41) is 3.01. The Morgan fingerprint density at radius 3 is 2.48 bits per heavy atom. The van der Waals surface area contributed by atoms with Crippen LogP contribution in [0.3, 0.4) is 0 Å². The van der Waals surface area contributed by atoms with Gasteiger partial charge in [-0.15, -0.1) is 0 Å². The summed E-state index contributed by atoms with van der Waals surface area (Å²) < 4.78 is 52.0. The second-order valence-corrected chi connectivity index (χ2v) is 9.44. The van der Waals surface area contributed by atoms with Crippen LogP contribution < -0.4 is 19.5 Å². The lowest BCUT2D eigenvalue weighted by molar-refractivity contribution is 0.0949. The van der Waals surface area contributed by atoms with E-state index in [2.05, 4.69) is 10.0 Å². The van der Waals surface area contributed by atoms with Gasteiger partial charge in [0.1, 0.15) is 19.0 Å². The van der Waals surface area contributed by atoms with E-state index in [4.69, 9.17) is 21.1 Å². The van der Waals surface area contributed by atoms with Crippen LogP contribution >= 0.6 is 11.6 Å². The van der Waals surface area contributed by atoms with Crippen molar-refractivity contribution in [2.24, 2.45) is 0 Å². The molecule has 7 nitrogen and oxygen atoms in total. The molecule has 2 N–H and O–H groups in total. The van der Waals surface area contributed by atoms with E-state index in [0.29, 0.717) is 41.4 Å². The molecule has 172 valence electrons. The molecule has 0 unspecified atom stereocenters. The highest BCUT2D eigenvalue weighted by Crippen LogP contribution is 2.38. The normalized spacial score (nSPS) is 12.9. The highest BCUT2D eigenvalue weighted by atomic mass is 35.5. The summed E-state index contributed by atoms with van der Waals surface area (Å²) in [5.41, 5.74) is 1.38. The van der Waals surface area contributed by atoms with E-state index in [1.54, 1.807) is 24.3 Å². The Bertz CT molecular complexity index is 1300. The van der Waals surface area contributed by atoms with Crippen molar-refractivity contribution in [1.82, 2.24) is 10.0 Å². The SMILES string of the molecule is O=C(NCc1cccc(S(=O)(=O)NCc2cccc(F)c2)c1)c1cc(Cl)c2c(c1)OCCO2. The van der Waals surface area contributed by atoms with Crippen molar-refractivity contribution in [3.05, 3.63) is 88.2 Å². The van der Waals surface area contributed by atoms with Crippen LogP contribution in [-0.4, -0.2) is 27.5 Å². The van der Waals surface area contributed by atoms with E-state index in [0.717, 1.165) is 0 Å². The molecular weight excluding hydrogens is 471 g/mol. The maximum atomic E-state index is 13.3. The number of fused-ring (bicyclic) bond motifs is 1. The fourth-order valence-corrected chi connectivity index (χ4v) is 4.61. The summed E-state index contributed by atoms with van der Waals surface area (Å²) in [5.74, 6) is -0.0328. The third kappa shape index (κ3) is 5.62. The van der Waals surface area contributed by atoms with Crippen LogP contribution in [0.4, 0.5) is 4.39 Å². The van der Waals surface area contributed by atoms with Gasteiger partial charge < -0.3 is 14.8 Å². The van der Waals surface area contributed by atoms with Crippen LogP contribution in [0.15, 0.2) is 65.6 Å². The molecule has 0 aromatic heterocycles. The summed E-state index contributed by atoms with van der Waals surface area (Å²) >= 11 is 6.18. The predicted octanol–water partition coefficient (Wildman–Crippen LogP) is 3.66. The van der Waals surface area contributed by atoms with Gasteiger partial charge in [0.15, 0.2) is 11.5 Å². The predicted molar refractivity (Wildman–Crippen MR) is 120 cm³/mol. The van der Waals surface area contributed by atoms with Gasteiger partial charge in [0, 0.05) is 18.7 Å². The van der Waals surface area contributed by atoms with Crippen molar-refractivity contribution in [1.29, 1.82) is 0 Å². The number of rotatable bonds is 7. The standard InChI is InChI=1S/C23H20ClFN2O5S/c24-20-11-17(12-21-22(20)32-8-7-31-21)23(28)26-13-16-4-2-6-19(10-16)33(29,30)27-14-15-3-1-5-18(25)9-15/h1-6,9-12,27H,7-8,13-14H2,(H,26,28). The molecule has 0 radical (unpaired) electrons. The van der Waals surface area contributed by atoms with Crippen molar-refractivity contribution >= 4 is 27.5 Å². The largest absolute Gasteiger partial charge is 0.486 e. The Morgan fingerprint density at radius 1 is 0.970 bits per heavy atom. The minimum absolute atomic E-state index is 0.0352. The number of halogens is 2. The Hall–Kier alpha value is -3.14. The molecule has 10 heteroatoms. The van der Waals surface area contributed by atoms with E-state index in [9.17, 15) is 17.6 Å². The number of carbonyl (C=O) groups is 1. The Labute approximate surface area is 195 Å². The Balaban J connectivity index is 1.41. The average Bonchev–Trinajstić information content (AvgIpc) is 2.81. The molecule has 0 saturated heterocycles. The second kappa shape index (κ2) is 9.78. The van der Waals surface area contributed by atoms with Crippen molar-refractivity contribution in [3.8, 4) is 11.5 Å². The van der Waals surface area contributed by atoms with Crippen LogP contribution in [-0.2, 0) is 23.1 Å². The summed E-state index contributed by atoms with van der Waals surface area (Å²) in [6.07, 6.45) is 0. The molecule has 1 amide bonds. The molecule has 1 aliphatic rings. The maximum Gasteiger partial charge on any atom is 0.251 e. The van der Waals surface area contributed by atoms with Crippen LogP contribution in [0.5, 0.6) is 11.5 Å². The highest BCUT2D eigenvalue weighted by molar-refractivity contribution is 7.89. The van der Waals surface area contributed by atoms with Crippen LogP contribution in [0.25, 0.3) is 0 Å². The Kier molecular flexibility index (Phi) is 6.83. The lowest BCUT2D eigenvalue weighted by Crippen LogP contribution is -2.25. The molecule has 0 fully saturated rings. The Morgan fingerprint density at radius 2 is 1.70 bits per heavy atom. The van der Waals surface area contributed by atoms with Crippen molar-refractivity contribution in [2.75, 3.05) is 13.2 Å². The van der Waals surface area contributed by atoms with Gasteiger partial charge in [0.2, 0.25) is 10.0 Å². The van der Waals surface area contributed by atoms with Gasteiger partial charge >= 0.3 is 0 Å². The first-order valence-corrected chi connectivity index (χ1v) is 11.9. The van der Waals surface area contributed by atoms with E-state index >= 15 is 0 Å². The van der Waals surface area contributed by atoms with Crippen LogP contribution in [0, 0.1) is 5.82 Å². The molecular formula is C23H20ClFN2O5S. The van der Waals surface area contributed by atoms with Gasteiger partial charge in [0.25, 0.3) is 5.91 Å². The number of carbonyl (C=O) groups excluding carboxylic acids is 1. The van der Waals surface area contributed by atoms with Crippen molar-refractivity contribution < 1.29 is 27.1 Å². The number of amides is 1. The fourth-order valence-electron chi connectivity index (χ4n) is 3.26. The minimum Gasteiger partial charge on any atom is -0.486 e. The van der Waals surface area contributed by atoms with E-state index in [1.165, 1.54) is 36.4 Å². The molecule has 3 aromatic rings. The summed E-state index contributed by atoms with van der Waals surface area (Å²) in [6, 6.07) is 14.9. The van der Waals surface area contributed by atoms with Gasteiger partial charge in [0.05, 0.1) is 9.92 Å². The summed E-state index contributed by atoms with van der Waals surface area (Å²) in [4.78, 5) is 12.6. The minimum atomic E-state index is -3.83. The number of benzene rings is 3. The van der Waals surface area contributed by atoms with E-state index in [1.807, 2.05) is 0 Å². The lowest BCUT2D eigenvalue weighted by Gasteiger charge is -2.20. The number of hydrogen-bond acceptors (Lipinski definition) is 5. The number of hydrogen-bond donors (Lipinski definition) is 2. The number of nitrogens with one attached hydrogen (secondary N) is 2. The van der Waals surface area contributed by atoms with Gasteiger partial charge in [-0.05, 0) is 47.5 Å². The fraction of sp³-hybridized carbons (Fsp3) is 0.174. The zero-order valence-corrected chi connectivity index (χ0v) is 18.9. The summed E-state index contributed by atoms with van der Waals surface area (Å²) in [7, 11) is -3.83. The van der Waals surface area contributed by atoms with Gasteiger partial charge in [-0.3, -0.25) is 4.79 Å². The number of sulfonamides is 1. The third-order valence-electron chi connectivity index (χ3n) is 4.88. The van der Waals surface area contributed by atoms with Crippen molar-refractivity contribution in [2.45, 2.75) is 18.0 Å². The molecule has 0 saturated carbocycles. The topological polar surface area (TPSA) is 93.7 Å². The molecule has 4 rings (SSSR count). The smallest absolute Gasteiger partial charge is 0.251 e. The molecule has 3 aromatic carbocycles. The lowest BCUT2D eigenvalue weighted by atomic mass is 10.1.